The predicted octanol–water partition coefficient (Wildman–Crippen LogP) is 0.572. The van der Waals surface area contributed by atoms with Crippen molar-refractivity contribution < 1.29 is 36.9 Å². The van der Waals surface area contributed by atoms with E-state index in [1.807, 2.05) is 0 Å². The molecule has 3 rings (SSSR count). The minimum absolute atomic E-state index is 0.0795. The van der Waals surface area contributed by atoms with E-state index in [1.165, 1.54) is 31.2 Å². The molecule has 0 saturated heterocycles. The number of benzene rings is 2. The van der Waals surface area contributed by atoms with Gasteiger partial charge in [-0.3, -0.25) is 4.79 Å². The number of halogens is 1. The molecule has 0 radical (unpaired) electrons. The molecule has 2 aromatic rings. The Labute approximate surface area is 188 Å². The maximum Gasteiger partial charge on any atom is 0.323 e. The van der Waals surface area contributed by atoms with Crippen molar-refractivity contribution in [2.45, 2.75) is 28.7 Å². The Kier molecular flexibility index (Phi) is 7.06. The van der Waals surface area contributed by atoms with Gasteiger partial charge in [-0.05, 0) is 36.8 Å². The van der Waals surface area contributed by atoms with Crippen LogP contribution in [0.2, 0.25) is 5.02 Å². The quantitative estimate of drug-likeness (QED) is 0.316. The van der Waals surface area contributed by atoms with E-state index in [0.717, 1.165) is 12.4 Å². The van der Waals surface area contributed by atoms with E-state index in [2.05, 4.69) is 9.71 Å². The van der Waals surface area contributed by atoms with E-state index in [9.17, 15) is 26.7 Å². The Balaban J connectivity index is 0.000000229. The Morgan fingerprint density at radius 1 is 1.22 bits per heavy atom. The number of nitrogens with two attached hydrogens (primary N) is 2. The zero-order chi connectivity index (χ0) is 24.5. The van der Waals surface area contributed by atoms with Crippen molar-refractivity contribution in [1.82, 2.24) is 0 Å². The summed E-state index contributed by atoms with van der Waals surface area (Å²) in [5.41, 5.74) is 4.85. The van der Waals surface area contributed by atoms with Gasteiger partial charge in [0.1, 0.15) is 21.7 Å². The fourth-order valence-electron chi connectivity index (χ4n) is 2.48. The molecular weight excluding hydrogens is 488 g/mol. The third-order valence-corrected chi connectivity index (χ3v) is 6.78. The van der Waals surface area contributed by atoms with Crippen molar-refractivity contribution in [1.29, 1.82) is 0 Å². The number of aliphatic carboxylic acids is 1. The van der Waals surface area contributed by atoms with Crippen LogP contribution < -0.4 is 16.2 Å². The maximum absolute atomic E-state index is 11.5. The van der Waals surface area contributed by atoms with Gasteiger partial charge in [0.05, 0.1) is 10.7 Å². The number of phenolic OH excluding ortho intramolecular Hbond substituents is 2. The molecule has 0 amide bonds. The summed E-state index contributed by atoms with van der Waals surface area (Å²) >= 11 is 5.70. The largest absolute Gasteiger partial charge is 0.504 e. The summed E-state index contributed by atoms with van der Waals surface area (Å²) in [6.07, 6.45) is 1.06. The minimum atomic E-state index is -4.09. The second kappa shape index (κ2) is 8.91. The summed E-state index contributed by atoms with van der Waals surface area (Å²) in [6.45, 7) is 1.39. The van der Waals surface area contributed by atoms with E-state index >= 15 is 0 Å². The Bertz CT molecular complexity index is 1310. The molecule has 15 heteroatoms. The maximum atomic E-state index is 11.5. The molecule has 0 fully saturated rings. The number of hydrogen-bond acceptors (Lipinski definition) is 9. The van der Waals surface area contributed by atoms with Gasteiger partial charge < -0.3 is 26.4 Å². The third-order valence-electron chi connectivity index (χ3n) is 4.13. The van der Waals surface area contributed by atoms with Crippen molar-refractivity contribution in [3.8, 4) is 11.5 Å². The topological polar surface area (TPSA) is 222 Å². The molecule has 32 heavy (non-hydrogen) atoms. The zero-order valence-corrected chi connectivity index (χ0v) is 18.7. The van der Waals surface area contributed by atoms with E-state index in [0.29, 0.717) is 5.56 Å². The number of carbonyl (C=O) groups is 1. The summed E-state index contributed by atoms with van der Waals surface area (Å²) < 4.78 is 48.7. The number of nitrogens with zero attached hydrogens (tertiary/aromatic N) is 1. The lowest BCUT2D eigenvalue weighted by Gasteiger charge is -2.19. The molecule has 1 atom stereocenters. The molecule has 174 valence electrons. The van der Waals surface area contributed by atoms with Gasteiger partial charge in [-0.2, -0.15) is 8.42 Å². The first kappa shape index (κ1) is 25.4. The first-order chi connectivity index (χ1) is 14.5. The van der Waals surface area contributed by atoms with Crippen LogP contribution in [0.5, 0.6) is 11.5 Å². The van der Waals surface area contributed by atoms with Gasteiger partial charge in [0.15, 0.2) is 11.5 Å². The fourth-order valence-corrected chi connectivity index (χ4v) is 4.62. The lowest BCUT2D eigenvalue weighted by Crippen LogP contribution is -2.46. The smallest absolute Gasteiger partial charge is 0.323 e. The van der Waals surface area contributed by atoms with Crippen LogP contribution in [-0.2, 0) is 31.3 Å². The Morgan fingerprint density at radius 3 is 2.38 bits per heavy atom. The molecule has 0 spiro atoms. The van der Waals surface area contributed by atoms with Gasteiger partial charge in [-0.15, -0.1) is 4.40 Å². The highest BCUT2D eigenvalue weighted by Gasteiger charge is 2.28. The number of fused-ring (bicyclic) bond motifs is 1. The summed E-state index contributed by atoms with van der Waals surface area (Å²) in [4.78, 5) is 10.00. The number of phenols is 2. The minimum Gasteiger partial charge on any atom is -0.504 e. The van der Waals surface area contributed by atoms with Crippen molar-refractivity contribution >= 4 is 49.6 Å². The normalized spacial score (nSPS) is 16.0. The van der Waals surface area contributed by atoms with E-state index in [1.54, 1.807) is 0 Å². The standard InChI is InChI=1S/C10H13NO4.C7H6ClN3O4S2/c1-10(11,9(14)15)5-6-2-3-7(12)8(13)4-6;8-4-1-5-7(2-6(4)16(9,12)13)17(14,15)11-3-10-5/h2-4,12-13H,5,11H2,1H3,(H,14,15);1-3H,(H,10,11)(H2,9,12,13). The van der Waals surface area contributed by atoms with Gasteiger partial charge in [0, 0.05) is 6.42 Å². The number of rotatable bonds is 4. The number of anilines is 1. The lowest BCUT2D eigenvalue weighted by atomic mass is 9.94. The zero-order valence-electron chi connectivity index (χ0n) is 16.4. The summed E-state index contributed by atoms with van der Waals surface area (Å²) in [6, 6.07) is 6.15. The average molecular weight is 507 g/mol. The third kappa shape index (κ3) is 5.86. The van der Waals surface area contributed by atoms with E-state index in [4.69, 9.17) is 32.7 Å². The van der Waals surface area contributed by atoms with Crippen molar-refractivity contribution in [2.24, 2.45) is 15.3 Å². The first-order valence-corrected chi connectivity index (χ1v) is 11.9. The molecule has 1 aliphatic heterocycles. The summed E-state index contributed by atoms with van der Waals surface area (Å²) in [5, 5.41) is 34.3. The summed E-state index contributed by atoms with van der Waals surface area (Å²) in [5.74, 6) is -1.64. The van der Waals surface area contributed by atoms with Crippen LogP contribution in [0.1, 0.15) is 12.5 Å². The number of primary sulfonamides is 1. The van der Waals surface area contributed by atoms with Crippen molar-refractivity contribution in [3.05, 3.63) is 40.9 Å². The molecule has 1 heterocycles. The molecule has 0 aromatic heterocycles. The molecule has 2 aromatic carbocycles. The van der Waals surface area contributed by atoms with Crippen molar-refractivity contribution in [3.63, 3.8) is 0 Å². The first-order valence-electron chi connectivity index (χ1n) is 8.49. The second-order valence-electron chi connectivity index (χ2n) is 6.90. The van der Waals surface area contributed by atoms with Gasteiger partial charge in [-0.25, -0.2) is 13.6 Å². The number of carboxylic acids is 1. The van der Waals surface area contributed by atoms with Crippen LogP contribution >= 0.6 is 11.6 Å². The number of aromatic hydroxyl groups is 2. The summed E-state index contributed by atoms with van der Waals surface area (Å²) in [7, 11) is -8.01. The monoisotopic (exact) mass is 506 g/mol. The van der Waals surface area contributed by atoms with Gasteiger partial charge in [0.2, 0.25) is 10.0 Å². The van der Waals surface area contributed by atoms with Gasteiger partial charge in [-0.1, -0.05) is 17.7 Å². The Hall–Kier alpha value is -2.91. The lowest BCUT2D eigenvalue weighted by molar-refractivity contribution is -0.142. The Morgan fingerprint density at radius 2 is 1.84 bits per heavy atom. The number of carboxylic acid groups (broad SMARTS) is 1. The van der Waals surface area contributed by atoms with Crippen LogP contribution in [-0.4, -0.2) is 50.0 Å². The molecule has 12 nitrogen and oxygen atoms in total. The van der Waals surface area contributed by atoms with Crippen LogP contribution in [0, 0.1) is 0 Å². The second-order valence-corrected chi connectivity index (χ2v) is 10.4. The fraction of sp³-hybridized carbons (Fsp3) is 0.176. The SMILES string of the molecule is CC(N)(Cc1ccc(O)c(O)c1)C(=O)O.NS(=O)(=O)c1cc2c(cc1Cl)NC=NS2(=O)=O. The van der Waals surface area contributed by atoms with E-state index in [-0.39, 0.29) is 33.5 Å². The highest BCUT2D eigenvalue weighted by molar-refractivity contribution is 7.91. The van der Waals surface area contributed by atoms with E-state index < -0.39 is 36.5 Å². The van der Waals surface area contributed by atoms with Gasteiger partial charge in [0.25, 0.3) is 10.0 Å². The molecule has 1 unspecified atom stereocenters. The predicted molar refractivity (Wildman–Crippen MR) is 116 cm³/mol. The highest BCUT2D eigenvalue weighted by atomic mass is 35.5. The molecule has 1 aliphatic rings. The molecular formula is C17H19ClN4O8S2. The van der Waals surface area contributed by atoms with Crippen molar-refractivity contribution in [2.75, 3.05) is 5.32 Å². The number of sulfonamides is 2. The van der Waals surface area contributed by atoms with Crippen LogP contribution in [0.15, 0.2) is 44.5 Å². The molecule has 0 saturated carbocycles. The average Bonchev–Trinajstić information content (AvgIpc) is 2.63. The van der Waals surface area contributed by atoms with Crippen LogP contribution in [0.4, 0.5) is 5.69 Å². The molecule has 0 bridgehead atoms. The number of hydrogen-bond donors (Lipinski definition) is 6. The molecule has 0 aliphatic carbocycles. The van der Waals surface area contributed by atoms with Crippen LogP contribution in [0.3, 0.4) is 0 Å². The highest BCUT2D eigenvalue weighted by Crippen LogP contribution is 2.33. The number of nitrogens with one attached hydrogen (secondary N) is 1. The van der Waals surface area contributed by atoms with Crippen LogP contribution in [0.25, 0.3) is 0 Å². The van der Waals surface area contributed by atoms with Gasteiger partial charge >= 0.3 is 5.97 Å². The molecule has 8 N–H and O–H groups in total.